The van der Waals surface area contributed by atoms with Crippen LogP contribution in [0.2, 0.25) is 0 Å². The Morgan fingerprint density at radius 2 is 2.40 bits per heavy atom. The quantitative estimate of drug-likeness (QED) is 0.830. The van der Waals surface area contributed by atoms with E-state index in [2.05, 4.69) is 16.7 Å². The summed E-state index contributed by atoms with van der Waals surface area (Å²) < 4.78 is 10.7. The summed E-state index contributed by atoms with van der Waals surface area (Å²) in [5.74, 6) is 0.838. The van der Waals surface area contributed by atoms with Crippen LogP contribution in [0.25, 0.3) is 0 Å². The smallest absolute Gasteiger partial charge is 0.250 e. The molecule has 5 nitrogen and oxygen atoms in total. The molecule has 0 saturated carbocycles. The molecule has 0 radical (unpaired) electrons. The summed E-state index contributed by atoms with van der Waals surface area (Å²) in [5.41, 5.74) is 2.26. The van der Waals surface area contributed by atoms with E-state index < -0.39 is 0 Å². The fourth-order valence-electron chi connectivity index (χ4n) is 2.20. The molecule has 1 unspecified atom stereocenters. The Morgan fingerprint density at radius 1 is 1.55 bits per heavy atom. The van der Waals surface area contributed by atoms with Crippen LogP contribution in [-0.4, -0.2) is 45.4 Å². The molecule has 1 aliphatic rings. The second-order valence-electron chi connectivity index (χ2n) is 4.91. The van der Waals surface area contributed by atoms with Gasteiger partial charge in [-0.15, -0.1) is 0 Å². The van der Waals surface area contributed by atoms with Crippen LogP contribution in [0.5, 0.6) is 5.75 Å². The average Bonchev–Trinajstić information content (AvgIpc) is 2.49. The van der Waals surface area contributed by atoms with Gasteiger partial charge in [0.1, 0.15) is 11.9 Å². The maximum Gasteiger partial charge on any atom is 0.250 e. The Hall–Kier alpha value is -1.59. The fourth-order valence-corrected chi connectivity index (χ4v) is 2.20. The fraction of sp³-hybridized carbons (Fsp3) is 0.533. The van der Waals surface area contributed by atoms with Gasteiger partial charge in [-0.25, -0.2) is 0 Å². The van der Waals surface area contributed by atoms with E-state index in [-0.39, 0.29) is 12.0 Å². The highest BCUT2D eigenvalue weighted by molar-refractivity contribution is 5.81. The molecule has 0 bridgehead atoms. The third-order valence-electron chi connectivity index (χ3n) is 3.41. The first-order valence-corrected chi connectivity index (χ1v) is 6.94. The molecule has 1 saturated heterocycles. The van der Waals surface area contributed by atoms with Crippen molar-refractivity contribution >= 4 is 5.91 Å². The Bertz CT molecular complexity index is 456. The van der Waals surface area contributed by atoms with Crippen molar-refractivity contribution in [3.63, 3.8) is 0 Å². The van der Waals surface area contributed by atoms with Gasteiger partial charge in [0.05, 0.1) is 13.7 Å². The number of rotatable bonds is 5. The van der Waals surface area contributed by atoms with Crippen molar-refractivity contribution in [3.8, 4) is 5.75 Å². The zero-order chi connectivity index (χ0) is 14.4. The number of nitrogens with one attached hydrogen (secondary N) is 2. The van der Waals surface area contributed by atoms with E-state index >= 15 is 0 Å². The van der Waals surface area contributed by atoms with E-state index in [1.54, 1.807) is 7.11 Å². The maximum atomic E-state index is 11.9. The number of hydrogen-bond acceptors (Lipinski definition) is 4. The van der Waals surface area contributed by atoms with E-state index in [9.17, 15) is 4.79 Å². The summed E-state index contributed by atoms with van der Waals surface area (Å²) in [7, 11) is 1.67. The van der Waals surface area contributed by atoms with Crippen molar-refractivity contribution in [1.29, 1.82) is 0 Å². The Kier molecular flexibility index (Phi) is 5.38. The molecule has 2 N–H and O–H groups in total. The molecule has 1 atom stereocenters. The second-order valence-corrected chi connectivity index (χ2v) is 4.91. The number of methoxy groups -OCH3 is 1. The van der Waals surface area contributed by atoms with Crippen LogP contribution >= 0.6 is 0 Å². The van der Waals surface area contributed by atoms with E-state index in [1.807, 2.05) is 19.1 Å². The topological polar surface area (TPSA) is 59.6 Å². The van der Waals surface area contributed by atoms with Crippen molar-refractivity contribution < 1.29 is 14.3 Å². The van der Waals surface area contributed by atoms with Crippen LogP contribution in [0, 0.1) is 6.92 Å². The van der Waals surface area contributed by atoms with E-state index in [0.29, 0.717) is 19.7 Å². The van der Waals surface area contributed by atoms with Crippen LogP contribution in [0.4, 0.5) is 0 Å². The number of morpholine rings is 1. The third-order valence-corrected chi connectivity index (χ3v) is 3.41. The summed E-state index contributed by atoms with van der Waals surface area (Å²) in [4.78, 5) is 11.9. The van der Waals surface area contributed by atoms with Gasteiger partial charge in [0.2, 0.25) is 5.91 Å². The van der Waals surface area contributed by atoms with Crippen LogP contribution in [0.3, 0.4) is 0 Å². The lowest BCUT2D eigenvalue weighted by Gasteiger charge is -2.22. The minimum absolute atomic E-state index is 0.0451. The maximum absolute atomic E-state index is 11.9. The Morgan fingerprint density at radius 3 is 3.10 bits per heavy atom. The van der Waals surface area contributed by atoms with Crippen molar-refractivity contribution in [2.24, 2.45) is 0 Å². The number of aryl methyl sites for hydroxylation is 1. The van der Waals surface area contributed by atoms with Crippen LogP contribution in [0.1, 0.15) is 11.1 Å². The lowest BCUT2D eigenvalue weighted by atomic mass is 10.1. The normalized spacial score (nSPS) is 18.6. The number of ether oxygens (including phenoxy) is 2. The van der Waals surface area contributed by atoms with Crippen molar-refractivity contribution in [2.75, 3.05) is 33.4 Å². The van der Waals surface area contributed by atoms with Gasteiger partial charge < -0.3 is 20.1 Å². The Labute approximate surface area is 119 Å². The first-order valence-electron chi connectivity index (χ1n) is 6.94. The molecule has 1 aliphatic heterocycles. The molecule has 1 amide bonds. The first kappa shape index (κ1) is 14.8. The van der Waals surface area contributed by atoms with Gasteiger partial charge in [-0.3, -0.25) is 4.79 Å². The molecule has 110 valence electrons. The minimum Gasteiger partial charge on any atom is -0.496 e. The molecule has 0 aliphatic carbocycles. The van der Waals surface area contributed by atoms with Gasteiger partial charge in [-0.05, 0) is 30.5 Å². The molecular weight excluding hydrogens is 256 g/mol. The number of hydrogen-bond donors (Lipinski definition) is 2. The molecule has 0 spiro atoms. The zero-order valence-corrected chi connectivity index (χ0v) is 12.1. The van der Waals surface area contributed by atoms with Crippen LogP contribution < -0.4 is 15.4 Å². The molecule has 0 aromatic heterocycles. The summed E-state index contributed by atoms with van der Waals surface area (Å²) in [5, 5.41) is 6.05. The summed E-state index contributed by atoms with van der Waals surface area (Å²) >= 11 is 0. The first-order chi connectivity index (χ1) is 9.70. The molecule has 1 fully saturated rings. The van der Waals surface area contributed by atoms with E-state index in [1.165, 1.54) is 0 Å². The largest absolute Gasteiger partial charge is 0.496 e. The third kappa shape index (κ3) is 3.95. The molecule has 2 rings (SSSR count). The monoisotopic (exact) mass is 278 g/mol. The molecule has 20 heavy (non-hydrogen) atoms. The Balaban J connectivity index is 1.79. The predicted octanol–water partition coefficient (Wildman–Crippen LogP) is 0.651. The van der Waals surface area contributed by atoms with E-state index in [4.69, 9.17) is 9.47 Å². The number of benzene rings is 1. The standard InChI is InChI=1S/C15H22N2O3/c1-11-3-4-12(9-13(11)19-2)5-6-17-15(18)14-10-16-7-8-20-14/h3-4,9,14,16H,5-8,10H2,1-2H3,(H,17,18). The highest BCUT2D eigenvalue weighted by Crippen LogP contribution is 2.18. The van der Waals surface area contributed by atoms with Gasteiger partial charge in [0.25, 0.3) is 0 Å². The predicted molar refractivity (Wildman–Crippen MR) is 77.1 cm³/mol. The SMILES string of the molecule is COc1cc(CCNC(=O)C2CNCCO2)ccc1C. The molecule has 1 aromatic carbocycles. The minimum atomic E-state index is -0.365. The van der Waals surface area contributed by atoms with Crippen molar-refractivity contribution in [1.82, 2.24) is 10.6 Å². The number of amides is 1. The highest BCUT2D eigenvalue weighted by Gasteiger charge is 2.20. The number of carbonyl (C=O) groups excluding carboxylic acids is 1. The molecule has 1 heterocycles. The highest BCUT2D eigenvalue weighted by atomic mass is 16.5. The zero-order valence-electron chi connectivity index (χ0n) is 12.1. The molecule has 5 heteroatoms. The lowest BCUT2D eigenvalue weighted by molar-refractivity contribution is -0.134. The van der Waals surface area contributed by atoms with Gasteiger partial charge in [-0.2, -0.15) is 0 Å². The summed E-state index contributed by atoms with van der Waals surface area (Å²) in [6, 6.07) is 6.10. The van der Waals surface area contributed by atoms with Gasteiger partial charge in [0, 0.05) is 19.6 Å². The molecular formula is C15H22N2O3. The van der Waals surface area contributed by atoms with Gasteiger partial charge >= 0.3 is 0 Å². The van der Waals surface area contributed by atoms with Gasteiger partial charge in [0.15, 0.2) is 0 Å². The average molecular weight is 278 g/mol. The van der Waals surface area contributed by atoms with Crippen LogP contribution in [0.15, 0.2) is 18.2 Å². The second kappa shape index (κ2) is 7.26. The summed E-state index contributed by atoms with van der Waals surface area (Å²) in [6.45, 7) is 4.60. The molecule has 1 aromatic rings. The van der Waals surface area contributed by atoms with Crippen molar-refractivity contribution in [3.05, 3.63) is 29.3 Å². The van der Waals surface area contributed by atoms with Crippen molar-refractivity contribution in [2.45, 2.75) is 19.4 Å². The van der Waals surface area contributed by atoms with E-state index in [0.717, 1.165) is 29.8 Å². The van der Waals surface area contributed by atoms with Crippen LogP contribution in [-0.2, 0) is 16.0 Å². The summed E-state index contributed by atoms with van der Waals surface area (Å²) in [6.07, 6.45) is 0.416. The van der Waals surface area contributed by atoms with Gasteiger partial charge in [-0.1, -0.05) is 12.1 Å². The number of carbonyl (C=O) groups is 1. The lowest BCUT2D eigenvalue weighted by Crippen LogP contribution is -2.48.